The lowest BCUT2D eigenvalue weighted by Gasteiger charge is -2.29. The number of nitrogens with zero attached hydrogens (tertiary/aromatic N) is 1. The molecule has 0 saturated carbocycles. The zero-order valence-corrected chi connectivity index (χ0v) is 15.4. The summed E-state index contributed by atoms with van der Waals surface area (Å²) in [6.07, 6.45) is -2.50. The number of halogens is 4. The van der Waals surface area contributed by atoms with Crippen molar-refractivity contribution in [2.45, 2.75) is 51.7 Å². The van der Waals surface area contributed by atoms with Crippen LogP contribution in [0.25, 0.3) is 0 Å². The average molecular weight is 407 g/mol. The van der Waals surface area contributed by atoms with E-state index < -0.39 is 17.6 Å². The number of carbonyl (C=O) groups excluding carboxylic acids is 1. The molecule has 1 fully saturated rings. The van der Waals surface area contributed by atoms with Gasteiger partial charge in [0.2, 0.25) is 5.91 Å². The van der Waals surface area contributed by atoms with E-state index in [0.717, 1.165) is 21.5 Å². The number of unbranched alkanes of at least 4 members (excludes halogenated alkanes) is 1. The van der Waals surface area contributed by atoms with Gasteiger partial charge in [0.1, 0.15) is 6.04 Å². The Bertz CT molecular complexity index is 572. The van der Waals surface area contributed by atoms with Gasteiger partial charge in [-0.3, -0.25) is 10.2 Å². The van der Waals surface area contributed by atoms with Crippen LogP contribution in [0.3, 0.4) is 0 Å². The molecule has 0 aliphatic carbocycles. The predicted molar refractivity (Wildman–Crippen MR) is 90.2 cm³/mol. The predicted octanol–water partition coefficient (Wildman–Crippen LogP) is 4.47. The van der Waals surface area contributed by atoms with Crippen molar-refractivity contribution >= 4 is 21.8 Å². The summed E-state index contributed by atoms with van der Waals surface area (Å²) >= 11 is 3.35. The number of benzene rings is 1. The molecule has 24 heavy (non-hydrogen) atoms. The lowest BCUT2D eigenvalue weighted by atomic mass is 9.94. The van der Waals surface area contributed by atoms with E-state index in [9.17, 15) is 18.0 Å². The van der Waals surface area contributed by atoms with E-state index in [0.29, 0.717) is 12.8 Å². The van der Waals surface area contributed by atoms with Gasteiger partial charge in [-0.15, -0.1) is 0 Å². The highest BCUT2D eigenvalue weighted by molar-refractivity contribution is 9.10. The summed E-state index contributed by atoms with van der Waals surface area (Å²) in [7, 11) is 0. The highest BCUT2D eigenvalue weighted by atomic mass is 79.9. The average Bonchev–Trinajstić information content (AvgIpc) is 2.72. The van der Waals surface area contributed by atoms with Crippen LogP contribution in [0.5, 0.6) is 0 Å². The molecule has 0 radical (unpaired) electrons. The number of nitrogens with one attached hydrogen (secondary N) is 1. The topological polar surface area (TPSA) is 32.3 Å². The Morgan fingerprint density at radius 2 is 1.88 bits per heavy atom. The van der Waals surface area contributed by atoms with Crippen molar-refractivity contribution in [3.63, 3.8) is 0 Å². The first-order valence-electron chi connectivity index (χ1n) is 7.98. The fraction of sp³-hybridized carbons (Fsp3) is 0.588. The quantitative estimate of drug-likeness (QED) is 0.706. The van der Waals surface area contributed by atoms with Gasteiger partial charge in [0.25, 0.3) is 0 Å². The minimum Gasteiger partial charge on any atom is -0.288 e. The molecule has 134 valence electrons. The van der Waals surface area contributed by atoms with Gasteiger partial charge in [-0.05, 0) is 50.8 Å². The van der Waals surface area contributed by atoms with Crippen LogP contribution in [-0.4, -0.2) is 29.7 Å². The second-order valence-corrected chi connectivity index (χ2v) is 7.80. The Morgan fingerprint density at radius 1 is 1.25 bits per heavy atom. The SMILES string of the molecule is CC1(C)CN(C(CCCCc2ccc(Br)cc2)C(F)(F)F)NC1=O. The van der Waals surface area contributed by atoms with Crippen molar-refractivity contribution < 1.29 is 18.0 Å². The number of hydrogen-bond acceptors (Lipinski definition) is 2. The Hall–Kier alpha value is -1.08. The van der Waals surface area contributed by atoms with Crippen LogP contribution in [0.4, 0.5) is 13.2 Å². The third-order valence-electron chi connectivity index (χ3n) is 4.29. The zero-order valence-electron chi connectivity index (χ0n) is 13.8. The molecule has 1 amide bonds. The molecule has 2 rings (SSSR count). The van der Waals surface area contributed by atoms with Gasteiger partial charge in [0.05, 0.1) is 5.41 Å². The van der Waals surface area contributed by atoms with E-state index in [-0.39, 0.29) is 18.9 Å². The van der Waals surface area contributed by atoms with Gasteiger partial charge in [-0.1, -0.05) is 34.5 Å². The number of hydrazine groups is 1. The van der Waals surface area contributed by atoms with Crippen molar-refractivity contribution in [2.75, 3.05) is 6.54 Å². The van der Waals surface area contributed by atoms with E-state index >= 15 is 0 Å². The normalized spacial score (nSPS) is 19.3. The van der Waals surface area contributed by atoms with Crippen LogP contribution >= 0.6 is 15.9 Å². The smallest absolute Gasteiger partial charge is 0.288 e. The molecule has 0 spiro atoms. The molecule has 1 unspecified atom stereocenters. The van der Waals surface area contributed by atoms with Gasteiger partial charge in [-0.2, -0.15) is 13.2 Å². The Balaban J connectivity index is 1.88. The minimum atomic E-state index is -4.36. The van der Waals surface area contributed by atoms with Crippen LogP contribution in [0.15, 0.2) is 28.7 Å². The zero-order chi connectivity index (χ0) is 18.0. The molecule has 1 heterocycles. The first-order valence-corrected chi connectivity index (χ1v) is 8.78. The summed E-state index contributed by atoms with van der Waals surface area (Å²) in [6.45, 7) is 3.38. The summed E-state index contributed by atoms with van der Waals surface area (Å²) in [4.78, 5) is 11.8. The maximum atomic E-state index is 13.3. The molecule has 1 N–H and O–H groups in total. The van der Waals surface area contributed by atoms with Gasteiger partial charge in [0, 0.05) is 11.0 Å². The fourth-order valence-electron chi connectivity index (χ4n) is 2.82. The van der Waals surface area contributed by atoms with Crippen LogP contribution in [0, 0.1) is 5.41 Å². The van der Waals surface area contributed by atoms with Gasteiger partial charge in [-0.25, -0.2) is 5.01 Å². The van der Waals surface area contributed by atoms with Gasteiger partial charge in [0.15, 0.2) is 0 Å². The number of aryl methyl sites for hydroxylation is 1. The summed E-state index contributed by atoms with van der Waals surface area (Å²) in [6, 6.07) is 6.15. The third kappa shape index (κ3) is 4.96. The van der Waals surface area contributed by atoms with E-state index in [1.165, 1.54) is 0 Å². The van der Waals surface area contributed by atoms with E-state index in [1.807, 2.05) is 24.3 Å². The monoisotopic (exact) mass is 406 g/mol. The minimum absolute atomic E-state index is 0.0175. The summed E-state index contributed by atoms with van der Waals surface area (Å²) in [5, 5.41) is 1.06. The van der Waals surface area contributed by atoms with Crippen LogP contribution in [0.2, 0.25) is 0 Å². The second-order valence-electron chi connectivity index (χ2n) is 6.88. The van der Waals surface area contributed by atoms with Crippen LogP contribution in [-0.2, 0) is 11.2 Å². The number of hydrogen-bond donors (Lipinski definition) is 1. The molecule has 0 bridgehead atoms. The van der Waals surface area contributed by atoms with Gasteiger partial charge < -0.3 is 0 Å². The Morgan fingerprint density at radius 3 is 2.38 bits per heavy atom. The molecule has 1 aliphatic rings. The van der Waals surface area contributed by atoms with Crippen molar-refractivity contribution in [1.82, 2.24) is 10.4 Å². The van der Waals surface area contributed by atoms with Gasteiger partial charge >= 0.3 is 6.18 Å². The molecule has 1 aromatic carbocycles. The van der Waals surface area contributed by atoms with Crippen LogP contribution < -0.4 is 5.43 Å². The van der Waals surface area contributed by atoms with E-state index in [4.69, 9.17) is 0 Å². The van der Waals surface area contributed by atoms with Crippen molar-refractivity contribution in [3.8, 4) is 0 Å². The lowest BCUT2D eigenvalue weighted by Crippen LogP contribution is -2.49. The Labute approximate surface area is 148 Å². The first-order chi connectivity index (χ1) is 11.1. The molecule has 7 heteroatoms. The molecule has 1 aromatic rings. The maximum absolute atomic E-state index is 13.3. The number of amides is 1. The maximum Gasteiger partial charge on any atom is 0.405 e. The number of rotatable bonds is 6. The van der Waals surface area contributed by atoms with Crippen molar-refractivity contribution in [1.29, 1.82) is 0 Å². The largest absolute Gasteiger partial charge is 0.405 e. The molecular weight excluding hydrogens is 385 g/mol. The lowest BCUT2D eigenvalue weighted by molar-refractivity contribution is -0.190. The summed E-state index contributed by atoms with van der Waals surface area (Å²) in [5.74, 6) is -0.355. The Kier molecular flexibility index (Phi) is 5.96. The molecule has 1 aliphatic heterocycles. The summed E-state index contributed by atoms with van der Waals surface area (Å²) in [5.41, 5.74) is 2.70. The molecule has 1 saturated heterocycles. The molecule has 3 nitrogen and oxygen atoms in total. The highest BCUT2D eigenvalue weighted by Crippen LogP contribution is 2.33. The first kappa shape index (κ1) is 19.2. The van der Waals surface area contributed by atoms with Crippen molar-refractivity contribution in [2.24, 2.45) is 5.41 Å². The third-order valence-corrected chi connectivity index (χ3v) is 4.81. The van der Waals surface area contributed by atoms with Crippen LogP contribution in [0.1, 0.15) is 38.7 Å². The molecule has 0 aromatic heterocycles. The van der Waals surface area contributed by atoms with Crippen molar-refractivity contribution in [3.05, 3.63) is 34.3 Å². The number of carbonyl (C=O) groups is 1. The standard InChI is InChI=1S/C17H22BrF3N2O/c1-16(2)11-23(22-15(16)24)14(17(19,20)21)6-4-3-5-12-7-9-13(18)10-8-12/h7-10,14H,3-6,11H2,1-2H3,(H,22,24). The molecular formula is C17H22BrF3N2O. The highest BCUT2D eigenvalue weighted by Gasteiger charge is 2.49. The van der Waals surface area contributed by atoms with E-state index in [2.05, 4.69) is 21.4 Å². The van der Waals surface area contributed by atoms with E-state index in [1.54, 1.807) is 13.8 Å². The fourth-order valence-corrected chi connectivity index (χ4v) is 3.09. The number of alkyl halides is 3. The molecule has 1 atom stereocenters. The second kappa shape index (κ2) is 7.44. The summed E-state index contributed by atoms with van der Waals surface area (Å²) < 4.78 is 41.0.